The molecule has 0 radical (unpaired) electrons. The van der Waals surface area contributed by atoms with Crippen LogP contribution in [0.4, 0.5) is 8.78 Å². The van der Waals surface area contributed by atoms with Crippen LogP contribution >= 0.6 is 15.9 Å². The average Bonchev–Trinajstić information content (AvgIpc) is 2.38. The van der Waals surface area contributed by atoms with Gasteiger partial charge in [0.2, 0.25) is 0 Å². The molecule has 2 aromatic carbocycles. The second-order valence-corrected chi connectivity index (χ2v) is 5.65. The lowest BCUT2D eigenvalue weighted by atomic mass is 9.95. The highest BCUT2D eigenvalue weighted by atomic mass is 79.9. The summed E-state index contributed by atoms with van der Waals surface area (Å²) >= 11 is 3.37. The summed E-state index contributed by atoms with van der Waals surface area (Å²) in [5, 5.41) is 0. The number of benzene rings is 2. The largest absolute Gasteiger partial charge is 0.288 e. The van der Waals surface area contributed by atoms with Gasteiger partial charge in [0, 0.05) is 10.0 Å². The number of aryl methyl sites for hydroxylation is 3. The van der Waals surface area contributed by atoms with E-state index in [-0.39, 0.29) is 5.56 Å². The zero-order chi connectivity index (χ0) is 15.0. The molecule has 104 valence electrons. The molecule has 0 aliphatic rings. The molecule has 0 amide bonds. The van der Waals surface area contributed by atoms with Crippen LogP contribution in [0.1, 0.15) is 32.6 Å². The Bertz CT molecular complexity index is 708. The molecule has 20 heavy (non-hydrogen) atoms. The summed E-state index contributed by atoms with van der Waals surface area (Å²) in [6, 6.07) is 5.85. The van der Waals surface area contributed by atoms with E-state index in [9.17, 15) is 13.6 Å². The summed E-state index contributed by atoms with van der Waals surface area (Å²) in [6.07, 6.45) is 0. The zero-order valence-corrected chi connectivity index (χ0v) is 12.9. The molecular formula is C16H13BrF2O. The molecule has 0 N–H and O–H groups in total. The minimum atomic E-state index is -0.835. The lowest BCUT2D eigenvalue weighted by molar-refractivity contribution is 0.103. The van der Waals surface area contributed by atoms with Gasteiger partial charge in [-0.25, -0.2) is 8.78 Å². The van der Waals surface area contributed by atoms with Crippen molar-refractivity contribution in [1.82, 2.24) is 0 Å². The molecule has 0 atom stereocenters. The summed E-state index contributed by atoms with van der Waals surface area (Å²) in [4.78, 5) is 12.4. The standard InChI is InChI=1S/C16H13BrF2O/c1-8-4-5-13(18)14(15(8)19)16(20)11-6-10(3)12(17)7-9(11)2/h4-7H,1-3H3. The van der Waals surface area contributed by atoms with Crippen molar-refractivity contribution < 1.29 is 13.6 Å². The maximum Gasteiger partial charge on any atom is 0.199 e. The highest BCUT2D eigenvalue weighted by Crippen LogP contribution is 2.25. The number of carbonyl (C=O) groups is 1. The Balaban J connectivity index is 2.64. The van der Waals surface area contributed by atoms with Crippen molar-refractivity contribution in [3.05, 3.63) is 68.2 Å². The van der Waals surface area contributed by atoms with E-state index >= 15 is 0 Å². The molecule has 0 aromatic heterocycles. The van der Waals surface area contributed by atoms with Crippen LogP contribution in [0.25, 0.3) is 0 Å². The smallest absolute Gasteiger partial charge is 0.199 e. The van der Waals surface area contributed by atoms with Crippen LogP contribution in [-0.4, -0.2) is 5.78 Å². The Morgan fingerprint density at radius 2 is 1.65 bits per heavy atom. The van der Waals surface area contributed by atoms with Gasteiger partial charge >= 0.3 is 0 Å². The first-order valence-electron chi connectivity index (χ1n) is 6.09. The molecular weight excluding hydrogens is 326 g/mol. The average molecular weight is 339 g/mol. The summed E-state index contributed by atoms with van der Waals surface area (Å²) in [6.45, 7) is 5.07. The molecule has 0 heterocycles. The summed E-state index contributed by atoms with van der Waals surface area (Å²) in [7, 11) is 0. The molecule has 2 aromatic rings. The zero-order valence-electron chi connectivity index (χ0n) is 11.4. The third-order valence-corrected chi connectivity index (χ3v) is 4.12. The van der Waals surface area contributed by atoms with E-state index in [1.807, 2.05) is 6.92 Å². The fraction of sp³-hybridized carbons (Fsp3) is 0.188. The van der Waals surface area contributed by atoms with E-state index in [2.05, 4.69) is 15.9 Å². The van der Waals surface area contributed by atoms with Crippen LogP contribution in [0.2, 0.25) is 0 Å². The van der Waals surface area contributed by atoms with Gasteiger partial charge in [-0.2, -0.15) is 0 Å². The monoisotopic (exact) mass is 338 g/mol. The van der Waals surface area contributed by atoms with Crippen LogP contribution in [0, 0.1) is 32.4 Å². The van der Waals surface area contributed by atoms with Crippen LogP contribution in [-0.2, 0) is 0 Å². The molecule has 4 heteroatoms. The molecule has 0 bridgehead atoms. The molecule has 0 fully saturated rings. The first-order chi connectivity index (χ1) is 9.32. The third kappa shape index (κ3) is 2.52. The molecule has 2 rings (SSSR count). The Morgan fingerprint density at radius 1 is 1.00 bits per heavy atom. The van der Waals surface area contributed by atoms with E-state index in [4.69, 9.17) is 0 Å². The molecule has 0 aliphatic heterocycles. The number of hydrogen-bond donors (Lipinski definition) is 0. The van der Waals surface area contributed by atoms with Gasteiger partial charge in [-0.05, 0) is 55.7 Å². The van der Waals surface area contributed by atoms with Crippen LogP contribution in [0.15, 0.2) is 28.7 Å². The second-order valence-electron chi connectivity index (χ2n) is 4.80. The van der Waals surface area contributed by atoms with Gasteiger partial charge in [-0.1, -0.05) is 22.0 Å². The quantitative estimate of drug-likeness (QED) is 0.713. The molecule has 0 saturated heterocycles. The lowest BCUT2D eigenvalue weighted by Crippen LogP contribution is -2.10. The fourth-order valence-corrected chi connectivity index (χ4v) is 2.48. The van der Waals surface area contributed by atoms with Crippen molar-refractivity contribution in [2.45, 2.75) is 20.8 Å². The number of rotatable bonds is 2. The van der Waals surface area contributed by atoms with Crippen LogP contribution in [0.3, 0.4) is 0 Å². The van der Waals surface area contributed by atoms with Gasteiger partial charge in [0.1, 0.15) is 11.6 Å². The highest BCUT2D eigenvalue weighted by Gasteiger charge is 2.22. The van der Waals surface area contributed by atoms with Gasteiger partial charge in [-0.3, -0.25) is 4.79 Å². The van der Waals surface area contributed by atoms with E-state index in [0.717, 1.165) is 16.1 Å². The van der Waals surface area contributed by atoms with Crippen molar-refractivity contribution >= 4 is 21.7 Å². The Labute approximate surface area is 124 Å². The van der Waals surface area contributed by atoms with Gasteiger partial charge in [0.25, 0.3) is 0 Å². The van der Waals surface area contributed by atoms with Crippen molar-refractivity contribution in [3.63, 3.8) is 0 Å². The number of ketones is 1. The highest BCUT2D eigenvalue weighted by molar-refractivity contribution is 9.10. The van der Waals surface area contributed by atoms with E-state index in [1.54, 1.807) is 19.1 Å². The van der Waals surface area contributed by atoms with Crippen molar-refractivity contribution in [2.75, 3.05) is 0 Å². The Kier molecular flexibility index (Phi) is 4.04. The van der Waals surface area contributed by atoms with Gasteiger partial charge in [0.15, 0.2) is 5.78 Å². The van der Waals surface area contributed by atoms with E-state index in [0.29, 0.717) is 11.1 Å². The van der Waals surface area contributed by atoms with Gasteiger partial charge < -0.3 is 0 Å². The van der Waals surface area contributed by atoms with Crippen LogP contribution < -0.4 is 0 Å². The first-order valence-corrected chi connectivity index (χ1v) is 6.88. The Morgan fingerprint density at radius 3 is 2.30 bits per heavy atom. The first kappa shape index (κ1) is 14.9. The maximum absolute atomic E-state index is 14.0. The number of carbonyl (C=O) groups excluding carboxylic acids is 1. The van der Waals surface area contributed by atoms with Gasteiger partial charge in [0.05, 0.1) is 5.56 Å². The third-order valence-electron chi connectivity index (χ3n) is 3.26. The predicted octanol–water partition coefficient (Wildman–Crippen LogP) is 4.88. The van der Waals surface area contributed by atoms with Crippen molar-refractivity contribution in [3.8, 4) is 0 Å². The minimum Gasteiger partial charge on any atom is -0.288 e. The second kappa shape index (κ2) is 5.44. The van der Waals surface area contributed by atoms with E-state index in [1.165, 1.54) is 13.0 Å². The Hall–Kier alpha value is -1.55. The van der Waals surface area contributed by atoms with Gasteiger partial charge in [-0.15, -0.1) is 0 Å². The maximum atomic E-state index is 14.0. The van der Waals surface area contributed by atoms with Crippen molar-refractivity contribution in [2.24, 2.45) is 0 Å². The molecule has 0 saturated carbocycles. The van der Waals surface area contributed by atoms with Crippen molar-refractivity contribution in [1.29, 1.82) is 0 Å². The minimum absolute atomic E-state index is 0.251. The number of hydrogen-bond acceptors (Lipinski definition) is 1. The normalized spacial score (nSPS) is 10.7. The topological polar surface area (TPSA) is 17.1 Å². The van der Waals surface area contributed by atoms with E-state index < -0.39 is 23.0 Å². The summed E-state index contributed by atoms with van der Waals surface area (Å²) in [5.41, 5.74) is 1.59. The van der Waals surface area contributed by atoms with Crippen LogP contribution in [0.5, 0.6) is 0 Å². The molecule has 1 nitrogen and oxygen atoms in total. The predicted molar refractivity (Wildman–Crippen MR) is 78.1 cm³/mol. The summed E-state index contributed by atoms with van der Waals surface area (Å²) in [5.74, 6) is -2.26. The lowest BCUT2D eigenvalue weighted by Gasteiger charge is -2.10. The molecule has 0 spiro atoms. The fourth-order valence-electron chi connectivity index (χ4n) is 2.03. The number of halogens is 3. The molecule has 0 aliphatic carbocycles. The summed E-state index contributed by atoms with van der Waals surface area (Å²) < 4.78 is 28.7. The SMILES string of the molecule is Cc1cc(C(=O)c2c(F)ccc(C)c2F)c(C)cc1Br. The molecule has 0 unspecified atom stereocenters.